The van der Waals surface area contributed by atoms with Crippen LogP contribution in [0.3, 0.4) is 0 Å². The van der Waals surface area contributed by atoms with Crippen molar-refractivity contribution >= 4 is 45.3 Å². The Hall–Kier alpha value is -1.33. The number of nitrogens with zero attached hydrogens (tertiary/aromatic N) is 3. The van der Waals surface area contributed by atoms with Crippen molar-refractivity contribution in [2.24, 2.45) is 0 Å². The van der Waals surface area contributed by atoms with Crippen LogP contribution in [0.25, 0.3) is 0 Å². The molecule has 13 heteroatoms. The van der Waals surface area contributed by atoms with Crippen LogP contribution in [-0.2, 0) is 26.7 Å². The van der Waals surface area contributed by atoms with Gasteiger partial charge >= 0.3 is 8.80 Å². The highest BCUT2D eigenvalue weighted by molar-refractivity contribution is 6.90. The van der Waals surface area contributed by atoms with E-state index in [1.165, 1.54) is 6.08 Å². The van der Waals surface area contributed by atoms with Crippen LogP contribution in [0.4, 0.5) is 0 Å². The summed E-state index contributed by atoms with van der Waals surface area (Å²) in [6.45, 7) is 33.8. The Labute approximate surface area is 252 Å². The predicted molar refractivity (Wildman–Crippen MR) is 174 cm³/mol. The van der Waals surface area contributed by atoms with Crippen molar-refractivity contribution in [2.45, 2.75) is 84.9 Å². The molecule has 3 saturated heterocycles. The summed E-state index contributed by atoms with van der Waals surface area (Å²) < 4.78 is 26.3. The van der Waals surface area contributed by atoms with Crippen molar-refractivity contribution < 1.29 is 26.7 Å². The third-order valence-electron chi connectivity index (χ3n) is 6.13. The van der Waals surface area contributed by atoms with Gasteiger partial charge in [0.2, 0.25) is 11.6 Å². The van der Waals surface area contributed by atoms with E-state index in [2.05, 4.69) is 72.4 Å². The van der Waals surface area contributed by atoms with E-state index in [1.807, 2.05) is 21.6 Å². The molecule has 3 heterocycles. The molecule has 0 saturated carbocycles. The number of carbonyl (C=O) groups excluding carboxylic acids is 2. The van der Waals surface area contributed by atoms with Gasteiger partial charge in [-0.05, 0) is 72.3 Å². The Kier molecular flexibility index (Phi) is 10.6. The van der Waals surface area contributed by atoms with Gasteiger partial charge < -0.3 is 31.8 Å². The quantitative estimate of drug-likeness (QED) is 0.118. The van der Waals surface area contributed by atoms with Gasteiger partial charge in [-0.15, -0.1) is 0 Å². The molecule has 0 aromatic heterocycles. The third-order valence-corrected chi connectivity index (χ3v) is 18.3. The molecular formula is C28H53N3O6Si4. The smallest absolute Gasteiger partial charge is 0.415 e. The van der Waals surface area contributed by atoms with Crippen molar-refractivity contribution in [3.05, 3.63) is 35.3 Å². The number of ether oxygens (including phenoxy) is 1. The first-order chi connectivity index (χ1) is 18.8. The van der Waals surface area contributed by atoms with Gasteiger partial charge in [0.25, 0.3) is 0 Å². The van der Waals surface area contributed by atoms with Gasteiger partial charge in [0.05, 0.1) is 12.3 Å². The first-order valence-corrected chi connectivity index (χ1v) is 26.9. The van der Waals surface area contributed by atoms with Gasteiger partial charge in [-0.25, -0.2) is 0 Å². The molecule has 0 N–H and O–H groups in total. The highest BCUT2D eigenvalue weighted by atomic mass is 28.5. The fourth-order valence-electron chi connectivity index (χ4n) is 4.53. The first-order valence-electron chi connectivity index (χ1n) is 14.9. The molecule has 0 aromatic rings. The molecule has 3 aliphatic heterocycles. The summed E-state index contributed by atoms with van der Waals surface area (Å²) >= 11 is 0. The number of hydrogen-bond donors (Lipinski definition) is 0. The average Bonchev–Trinajstić information content (AvgIpc) is 3.64. The summed E-state index contributed by atoms with van der Waals surface area (Å²) in [5, 5.41) is 0. The molecule has 0 amide bonds. The van der Waals surface area contributed by atoms with E-state index < -0.39 is 33.8 Å². The lowest BCUT2D eigenvalue weighted by Gasteiger charge is -2.46. The molecule has 1 unspecified atom stereocenters. The second-order valence-electron chi connectivity index (χ2n) is 14.3. The molecule has 1 aliphatic carbocycles. The van der Waals surface area contributed by atoms with Crippen molar-refractivity contribution in [1.82, 2.24) is 14.7 Å². The third kappa shape index (κ3) is 10.4. The van der Waals surface area contributed by atoms with Crippen LogP contribution in [0.1, 0.15) is 20.3 Å². The highest BCUT2D eigenvalue weighted by Crippen LogP contribution is 2.34. The second-order valence-corrected chi connectivity index (χ2v) is 31.3. The maximum atomic E-state index is 12.4. The van der Waals surface area contributed by atoms with Gasteiger partial charge in [0.15, 0.2) is 25.0 Å². The molecule has 3 fully saturated rings. The molecule has 0 spiro atoms. The zero-order valence-corrected chi connectivity index (χ0v) is 31.3. The zero-order chi connectivity index (χ0) is 31.0. The molecule has 41 heavy (non-hydrogen) atoms. The Bertz CT molecular complexity index is 1040. The van der Waals surface area contributed by atoms with Gasteiger partial charge in [-0.2, -0.15) is 0 Å². The van der Waals surface area contributed by atoms with Crippen LogP contribution in [0.5, 0.6) is 0 Å². The van der Waals surface area contributed by atoms with E-state index >= 15 is 0 Å². The molecule has 232 valence electrons. The number of ketones is 2. The molecule has 0 radical (unpaired) electrons. The maximum Gasteiger partial charge on any atom is 0.500 e. The lowest BCUT2D eigenvalue weighted by Crippen LogP contribution is -2.67. The number of allylic oxidation sites excluding steroid dienone is 1. The average molecular weight is 640 g/mol. The van der Waals surface area contributed by atoms with Gasteiger partial charge in [-0.3, -0.25) is 9.59 Å². The van der Waals surface area contributed by atoms with Gasteiger partial charge in [-0.1, -0.05) is 19.1 Å². The number of carbonyl (C=O) groups is 2. The van der Waals surface area contributed by atoms with Crippen LogP contribution < -0.4 is 0 Å². The number of hydrogen-bond acceptors (Lipinski definition) is 9. The lowest BCUT2D eigenvalue weighted by molar-refractivity contribution is -0.117. The standard InChI is InChI=1S/C16H40O4Si4.C12H13N3O2/c1-13-16(17-14-15(2)3)24(18-21(4,5)6,19-22(7,8)9)20-23(10,11)12;16-9-7-8(13-1-2-13)12(17)11(15-5-6-15)10(9)14-3-4-14/h16H,2,13-14H2,1,3-12H3;7H,1-6H2. The molecule has 4 aliphatic rings. The number of Topliss-reactive ketones (excluding diaryl/α,β-unsaturated/α-hetero) is 1. The first kappa shape index (κ1) is 34.2. The summed E-state index contributed by atoms with van der Waals surface area (Å²) in [6.07, 6.45) is 2.34. The Balaban J connectivity index is 0.000000235. The minimum Gasteiger partial charge on any atom is -0.415 e. The van der Waals surface area contributed by atoms with Crippen LogP contribution in [0, 0.1) is 0 Å². The van der Waals surface area contributed by atoms with Crippen LogP contribution >= 0.6 is 0 Å². The Morgan fingerprint density at radius 1 is 0.780 bits per heavy atom. The summed E-state index contributed by atoms with van der Waals surface area (Å²) in [7, 11) is -8.60. The molecule has 9 nitrogen and oxygen atoms in total. The highest BCUT2D eigenvalue weighted by Gasteiger charge is 2.56. The topological polar surface area (TPSA) is 80.1 Å². The van der Waals surface area contributed by atoms with E-state index in [4.69, 9.17) is 17.1 Å². The fraction of sp³-hybridized carbons (Fsp3) is 0.714. The summed E-state index contributed by atoms with van der Waals surface area (Å²) in [6, 6.07) is 0. The monoisotopic (exact) mass is 639 g/mol. The van der Waals surface area contributed by atoms with E-state index in [0.717, 1.165) is 51.3 Å². The van der Waals surface area contributed by atoms with Crippen molar-refractivity contribution in [3.8, 4) is 0 Å². The molecule has 0 aromatic carbocycles. The van der Waals surface area contributed by atoms with Gasteiger partial charge in [0, 0.05) is 45.3 Å². The van der Waals surface area contributed by atoms with Crippen molar-refractivity contribution in [2.75, 3.05) is 45.9 Å². The SMILES string of the molecule is C=C(C)COC(CC)[Si](O[Si](C)(C)C)(O[Si](C)(C)C)O[Si](C)(C)C.O=C1C=C(N2CC2)C(=O)C(N2CC2)=C1N1CC1. The Morgan fingerprint density at radius 3 is 1.54 bits per heavy atom. The van der Waals surface area contributed by atoms with E-state index in [9.17, 15) is 9.59 Å². The van der Waals surface area contributed by atoms with Crippen LogP contribution in [0.15, 0.2) is 35.3 Å². The van der Waals surface area contributed by atoms with Crippen molar-refractivity contribution in [3.63, 3.8) is 0 Å². The molecular weight excluding hydrogens is 587 g/mol. The maximum absolute atomic E-state index is 12.4. The fourth-order valence-corrected chi connectivity index (χ4v) is 18.8. The predicted octanol–water partition coefficient (Wildman–Crippen LogP) is 4.57. The van der Waals surface area contributed by atoms with Crippen LogP contribution in [0.2, 0.25) is 58.9 Å². The van der Waals surface area contributed by atoms with Gasteiger partial charge in [0.1, 0.15) is 17.1 Å². The minimum absolute atomic E-state index is 0.00546. The molecule has 0 bridgehead atoms. The number of rotatable bonds is 14. The van der Waals surface area contributed by atoms with E-state index in [0.29, 0.717) is 23.7 Å². The van der Waals surface area contributed by atoms with Crippen molar-refractivity contribution in [1.29, 1.82) is 0 Å². The largest absolute Gasteiger partial charge is 0.500 e. The Morgan fingerprint density at radius 2 is 1.20 bits per heavy atom. The minimum atomic E-state index is -2.98. The van der Waals surface area contributed by atoms with Crippen LogP contribution in [-0.4, -0.2) is 112 Å². The van der Waals surface area contributed by atoms with E-state index in [1.54, 1.807) is 0 Å². The summed E-state index contributed by atoms with van der Waals surface area (Å²) in [4.78, 5) is 30.5. The summed E-state index contributed by atoms with van der Waals surface area (Å²) in [5.41, 5.74) is 2.75. The lowest BCUT2D eigenvalue weighted by atomic mass is 10.0. The summed E-state index contributed by atoms with van der Waals surface area (Å²) in [5.74, 6) is 0.0485. The molecule has 4 rings (SSSR count). The normalized spacial score (nSPS) is 20.1. The zero-order valence-electron chi connectivity index (χ0n) is 27.3. The second kappa shape index (κ2) is 12.7. The van der Waals surface area contributed by atoms with E-state index in [-0.39, 0.29) is 17.3 Å². The molecule has 1 atom stereocenters.